The first-order valence-electron chi connectivity index (χ1n) is 7.43. The smallest absolute Gasteiger partial charge is 0.409 e. The fourth-order valence-electron chi connectivity index (χ4n) is 2.33. The summed E-state index contributed by atoms with van der Waals surface area (Å²) in [6, 6.07) is 0.509. The minimum Gasteiger partial charge on any atom is -0.450 e. The van der Waals surface area contributed by atoms with E-state index >= 15 is 0 Å². The predicted molar refractivity (Wildman–Crippen MR) is 75.1 cm³/mol. The van der Waals surface area contributed by atoms with Gasteiger partial charge in [0.15, 0.2) is 0 Å². The van der Waals surface area contributed by atoms with Gasteiger partial charge in [0.25, 0.3) is 0 Å². The molecule has 0 spiro atoms. The molecule has 1 atom stereocenters. The first-order chi connectivity index (χ1) is 9.17. The molecule has 0 aromatic carbocycles. The van der Waals surface area contributed by atoms with E-state index in [1.54, 1.807) is 4.90 Å². The van der Waals surface area contributed by atoms with Crippen LogP contribution in [-0.4, -0.2) is 55.0 Å². The van der Waals surface area contributed by atoms with Crippen molar-refractivity contribution in [1.29, 1.82) is 0 Å². The highest BCUT2D eigenvalue weighted by Crippen LogP contribution is 2.12. The number of carbonyl (C=O) groups excluding carboxylic acids is 1. The summed E-state index contributed by atoms with van der Waals surface area (Å²) in [6.45, 7) is 7.18. The zero-order chi connectivity index (χ0) is 14.1. The van der Waals surface area contributed by atoms with Crippen LogP contribution in [0.15, 0.2) is 0 Å². The average Bonchev–Trinajstić information content (AvgIpc) is 2.44. The lowest BCUT2D eigenvalue weighted by Gasteiger charge is -2.31. The van der Waals surface area contributed by atoms with Crippen molar-refractivity contribution in [2.45, 2.75) is 45.6 Å². The number of amides is 1. The number of rotatable bonds is 7. The van der Waals surface area contributed by atoms with Gasteiger partial charge in [0.2, 0.25) is 0 Å². The molecule has 1 saturated heterocycles. The maximum absolute atomic E-state index is 11.5. The molecular weight excluding hydrogens is 244 g/mol. The van der Waals surface area contributed by atoms with Gasteiger partial charge in [-0.25, -0.2) is 4.79 Å². The van der Waals surface area contributed by atoms with Gasteiger partial charge in [-0.05, 0) is 45.1 Å². The van der Waals surface area contributed by atoms with Crippen LogP contribution in [0.2, 0.25) is 0 Å². The van der Waals surface area contributed by atoms with E-state index in [-0.39, 0.29) is 12.7 Å². The molecular formula is C14H28N2O3. The summed E-state index contributed by atoms with van der Waals surface area (Å²) in [6.07, 6.45) is 3.96. The Bertz CT molecular complexity index is 253. The van der Waals surface area contributed by atoms with E-state index in [1.165, 1.54) is 0 Å². The van der Waals surface area contributed by atoms with Crippen molar-refractivity contribution < 1.29 is 14.6 Å². The molecule has 0 radical (unpaired) electrons. The second-order valence-electron chi connectivity index (χ2n) is 5.34. The van der Waals surface area contributed by atoms with Crippen LogP contribution in [0.5, 0.6) is 0 Å². The number of nitrogens with zero attached hydrogens (tertiary/aromatic N) is 1. The summed E-state index contributed by atoms with van der Waals surface area (Å²) in [7, 11) is 0. The molecule has 5 heteroatoms. The second kappa shape index (κ2) is 9.15. The molecule has 0 aliphatic carbocycles. The number of likely N-dealkylation sites (tertiary alicyclic amines) is 1. The van der Waals surface area contributed by atoms with Crippen LogP contribution in [0.4, 0.5) is 4.79 Å². The van der Waals surface area contributed by atoms with Gasteiger partial charge in [-0.3, -0.25) is 0 Å². The normalized spacial score (nSPS) is 18.4. The molecule has 1 fully saturated rings. The van der Waals surface area contributed by atoms with Crippen LogP contribution >= 0.6 is 0 Å². The Morgan fingerprint density at radius 1 is 1.47 bits per heavy atom. The van der Waals surface area contributed by atoms with E-state index in [9.17, 15) is 4.79 Å². The number of aliphatic hydroxyl groups is 1. The Balaban J connectivity index is 2.08. The lowest BCUT2D eigenvalue weighted by Crippen LogP contribution is -2.45. The van der Waals surface area contributed by atoms with Crippen LogP contribution < -0.4 is 5.32 Å². The fourth-order valence-corrected chi connectivity index (χ4v) is 2.33. The minimum absolute atomic E-state index is 0.183. The lowest BCUT2D eigenvalue weighted by atomic mass is 10.0. The number of hydrogen-bond donors (Lipinski definition) is 2. The Morgan fingerprint density at radius 3 is 2.74 bits per heavy atom. The summed E-state index contributed by atoms with van der Waals surface area (Å²) in [5.74, 6) is 0.396. The number of ether oxygens (including phenoxy) is 1. The molecule has 112 valence electrons. The third-order valence-corrected chi connectivity index (χ3v) is 3.64. The molecule has 5 nitrogen and oxygen atoms in total. The zero-order valence-corrected chi connectivity index (χ0v) is 12.2. The Hall–Kier alpha value is -0.810. The van der Waals surface area contributed by atoms with Crippen LogP contribution in [0.3, 0.4) is 0 Å². The molecule has 1 rings (SSSR count). The van der Waals surface area contributed by atoms with E-state index in [0.717, 1.165) is 45.3 Å². The van der Waals surface area contributed by atoms with Crippen LogP contribution in [-0.2, 0) is 4.74 Å². The van der Waals surface area contributed by atoms with Crippen molar-refractivity contribution in [3.8, 4) is 0 Å². The average molecular weight is 272 g/mol. The van der Waals surface area contributed by atoms with Crippen molar-refractivity contribution >= 4 is 6.09 Å². The van der Waals surface area contributed by atoms with Crippen molar-refractivity contribution in [3.63, 3.8) is 0 Å². The predicted octanol–water partition coefficient (Wildman–Crippen LogP) is 1.61. The summed E-state index contributed by atoms with van der Waals surface area (Å²) < 4.78 is 5.00. The standard InChI is InChI=1S/C14H28N2O3/c1-3-19-14(18)16-9-6-13(7-10-16)15-8-4-5-12(2)11-17/h12-13,15,17H,3-11H2,1-2H3. The molecule has 0 bridgehead atoms. The summed E-state index contributed by atoms with van der Waals surface area (Å²) >= 11 is 0. The number of nitrogens with one attached hydrogen (secondary N) is 1. The number of aliphatic hydroxyl groups excluding tert-OH is 1. The Morgan fingerprint density at radius 2 is 2.16 bits per heavy atom. The highest BCUT2D eigenvalue weighted by molar-refractivity contribution is 5.67. The highest BCUT2D eigenvalue weighted by Gasteiger charge is 2.22. The highest BCUT2D eigenvalue weighted by atomic mass is 16.6. The topological polar surface area (TPSA) is 61.8 Å². The van der Waals surface area contributed by atoms with Gasteiger partial charge < -0.3 is 20.1 Å². The third-order valence-electron chi connectivity index (χ3n) is 3.64. The van der Waals surface area contributed by atoms with E-state index in [2.05, 4.69) is 12.2 Å². The molecule has 1 aliphatic heterocycles. The van der Waals surface area contributed by atoms with Crippen LogP contribution in [0.1, 0.15) is 39.5 Å². The molecule has 1 heterocycles. The zero-order valence-electron chi connectivity index (χ0n) is 12.2. The number of carbonyl (C=O) groups is 1. The maximum Gasteiger partial charge on any atom is 0.409 e. The molecule has 2 N–H and O–H groups in total. The molecule has 1 amide bonds. The third kappa shape index (κ3) is 6.25. The first kappa shape index (κ1) is 16.2. The molecule has 1 unspecified atom stereocenters. The fraction of sp³-hybridized carbons (Fsp3) is 0.929. The minimum atomic E-state index is -0.183. The lowest BCUT2D eigenvalue weighted by molar-refractivity contribution is 0.0950. The van der Waals surface area contributed by atoms with Gasteiger partial charge in [-0.15, -0.1) is 0 Å². The van der Waals surface area contributed by atoms with Crippen LogP contribution in [0, 0.1) is 5.92 Å². The van der Waals surface area contributed by atoms with Crippen molar-refractivity contribution in [2.24, 2.45) is 5.92 Å². The van der Waals surface area contributed by atoms with E-state index < -0.39 is 0 Å². The largest absolute Gasteiger partial charge is 0.450 e. The van der Waals surface area contributed by atoms with Gasteiger partial charge in [-0.1, -0.05) is 6.92 Å². The van der Waals surface area contributed by atoms with Crippen molar-refractivity contribution in [3.05, 3.63) is 0 Å². The van der Waals surface area contributed by atoms with Crippen molar-refractivity contribution in [1.82, 2.24) is 10.2 Å². The molecule has 1 aliphatic rings. The van der Waals surface area contributed by atoms with Crippen molar-refractivity contribution in [2.75, 3.05) is 32.8 Å². The number of hydrogen-bond acceptors (Lipinski definition) is 4. The van der Waals surface area contributed by atoms with E-state index in [0.29, 0.717) is 18.6 Å². The summed E-state index contributed by atoms with van der Waals surface area (Å²) in [5.41, 5.74) is 0. The Kier molecular flexibility index (Phi) is 7.82. The molecule has 0 aromatic rings. The van der Waals surface area contributed by atoms with Gasteiger partial charge in [0, 0.05) is 25.7 Å². The SMILES string of the molecule is CCOC(=O)N1CCC(NCCCC(C)CO)CC1. The molecule has 0 aromatic heterocycles. The van der Waals surface area contributed by atoms with E-state index in [4.69, 9.17) is 9.84 Å². The molecule has 0 saturated carbocycles. The number of piperidine rings is 1. The first-order valence-corrected chi connectivity index (χ1v) is 7.43. The summed E-state index contributed by atoms with van der Waals surface area (Å²) in [4.78, 5) is 13.3. The Labute approximate surface area is 116 Å². The van der Waals surface area contributed by atoms with Gasteiger partial charge in [-0.2, -0.15) is 0 Å². The maximum atomic E-state index is 11.5. The monoisotopic (exact) mass is 272 g/mol. The van der Waals surface area contributed by atoms with Crippen LogP contribution in [0.25, 0.3) is 0 Å². The molecule has 19 heavy (non-hydrogen) atoms. The van der Waals surface area contributed by atoms with Gasteiger partial charge >= 0.3 is 6.09 Å². The quantitative estimate of drug-likeness (QED) is 0.691. The second-order valence-corrected chi connectivity index (χ2v) is 5.34. The van der Waals surface area contributed by atoms with Gasteiger partial charge in [0.05, 0.1) is 6.61 Å². The van der Waals surface area contributed by atoms with E-state index in [1.807, 2.05) is 6.92 Å². The summed E-state index contributed by atoms with van der Waals surface area (Å²) in [5, 5.41) is 12.5. The van der Waals surface area contributed by atoms with Gasteiger partial charge in [0.1, 0.15) is 0 Å².